The van der Waals surface area contributed by atoms with Gasteiger partial charge in [-0.15, -0.1) is 0 Å². The summed E-state index contributed by atoms with van der Waals surface area (Å²) in [5.41, 5.74) is 10.8. The van der Waals surface area contributed by atoms with Crippen molar-refractivity contribution >= 4 is 50.8 Å². The van der Waals surface area contributed by atoms with Gasteiger partial charge in [0.05, 0.1) is 39.5 Å². The number of aryl methyl sites for hydroxylation is 1. The average Bonchev–Trinajstić information content (AvgIpc) is 3.71. The van der Waals surface area contributed by atoms with Crippen molar-refractivity contribution in [1.82, 2.24) is 20.2 Å². The van der Waals surface area contributed by atoms with Crippen LogP contribution in [0.5, 0.6) is 0 Å². The first kappa shape index (κ1) is 42.3. The van der Waals surface area contributed by atoms with Gasteiger partial charge >= 0.3 is 12.4 Å². The molecule has 7 aromatic rings. The van der Waals surface area contributed by atoms with Gasteiger partial charge in [-0.3, -0.25) is 19.7 Å². The molecule has 2 amide bonds. The van der Waals surface area contributed by atoms with Crippen LogP contribution in [0.3, 0.4) is 0 Å². The van der Waals surface area contributed by atoms with Crippen molar-refractivity contribution in [3.05, 3.63) is 154 Å². The summed E-state index contributed by atoms with van der Waals surface area (Å²) >= 11 is 0. The minimum Gasteiger partial charge on any atom is -0.380 e. The Hall–Kier alpha value is -7.31. The van der Waals surface area contributed by atoms with E-state index in [2.05, 4.69) is 36.1 Å². The molecule has 3 aromatic heterocycles. The van der Waals surface area contributed by atoms with Crippen molar-refractivity contribution in [2.24, 2.45) is 11.5 Å². The number of hydrogen-bond donors (Lipinski definition) is 6. The van der Waals surface area contributed by atoms with Crippen molar-refractivity contribution in [2.45, 2.75) is 38.9 Å². The SMILES string of the molecule is Cc1cc(NCc2c(F)cccc2C(F)(F)F)c2cccc(C(N)=O)c2n1.NC(=O)c1cccc2c(NCc3c(F)cccc3C(F)(F)F)cc(NCc3cn[nH]c3)nc12. The lowest BCUT2D eigenvalue weighted by atomic mass is 10.0. The lowest BCUT2D eigenvalue weighted by molar-refractivity contribution is -0.139. The average molecular weight is 836 g/mol. The first-order valence-electron chi connectivity index (χ1n) is 17.7. The molecule has 0 aliphatic carbocycles. The number of anilines is 3. The van der Waals surface area contributed by atoms with Crippen LogP contribution in [0.15, 0.2) is 97.3 Å². The predicted molar refractivity (Wildman–Crippen MR) is 209 cm³/mol. The van der Waals surface area contributed by atoms with Crippen molar-refractivity contribution in [3.8, 4) is 0 Å². The van der Waals surface area contributed by atoms with E-state index in [-0.39, 0.29) is 23.2 Å². The van der Waals surface area contributed by atoms with Crippen molar-refractivity contribution < 1.29 is 44.7 Å². The molecular formula is C41H33F8N9O2. The smallest absolute Gasteiger partial charge is 0.380 e. The summed E-state index contributed by atoms with van der Waals surface area (Å²) in [5, 5.41) is 16.3. The Morgan fingerprint density at radius 3 is 1.60 bits per heavy atom. The number of halogens is 8. The first-order valence-corrected chi connectivity index (χ1v) is 17.7. The summed E-state index contributed by atoms with van der Waals surface area (Å²) in [4.78, 5) is 32.3. The van der Waals surface area contributed by atoms with Crippen LogP contribution in [0.2, 0.25) is 0 Å². The third-order valence-electron chi connectivity index (χ3n) is 9.13. The van der Waals surface area contributed by atoms with E-state index in [1.165, 1.54) is 12.1 Å². The number of aromatic nitrogens is 4. The van der Waals surface area contributed by atoms with Crippen molar-refractivity contribution in [2.75, 3.05) is 16.0 Å². The lowest BCUT2D eigenvalue weighted by Gasteiger charge is -2.17. The molecule has 11 nitrogen and oxygen atoms in total. The monoisotopic (exact) mass is 835 g/mol. The van der Waals surface area contributed by atoms with E-state index in [0.29, 0.717) is 45.7 Å². The summed E-state index contributed by atoms with van der Waals surface area (Å²) in [5.74, 6) is -2.97. The van der Waals surface area contributed by atoms with E-state index in [1.54, 1.807) is 55.7 Å². The van der Waals surface area contributed by atoms with Crippen molar-refractivity contribution in [3.63, 3.8) is 0 Å². The number of para-hydroxylation sites is 2. The largest absolute Gasteiger partial charge is 0.416 e. The molecule has 0 aliphatic rings. The molecule has 7 rings (SSSR count). The summed E-state index contributed by atoms with van der Waals surface area (Å²) in [6.45, 7) is 1.19. The zero-order chi connectivity index (χ0) is 43.4. The number of carbonyl (C=O) groups excluding carboxylic acids is 2. The molecule has 19 heteroatoms. The molecule has 0 saturated carbocycles. The number of rotatable bonds is 11. The number of carbonyl (C=O) groups is 2. The molecule has 0 bridgehead atoms. The highest BCUT2D eigenvalue weighted by molar-refractivity contribution is 6.09. The number of benzene rings is 4. The molecule has 0 saturated heterocycles. The first-order chi connectivity index (χ1) is 28.4. The van der Waals surface area contributed by atoms with Gasteiger partial charge < -0.3 is 27.4 Å². The molecule has 0 aliphatic heterocycles. The Morgan fingerprint density at radius 1 is 0.650 bits per heavy atom. The highest BCUT2D eigenvalue weighted by Crippen LogP contribution is 2.36. The van der Waals surface area contributed by atoms with E-state index in [9.17, 15) is 44.7 Å². The molecule has 4 aromatic carbocycles. The second-order valence-corrected chi connectivity index (χ2v) is 13.2. The molecule has 8 N–H and O–H groups in total. The van der Waals surface area contributed by atoms with E-state index in [0.717, 1.165) is 42.0 Å². The summed E-state index contributed by atoms with van der Waals surface area (Å²) in [6, 6.07) is 18.3. The fourth-order valence-corrected chi connectivity index (χ4v) is 6.35. The normalized spacial score (nSPS) is 11.6. The van der Waals surface area contributed by atoms with Gasteiger partial charge in [-0.05, 0) is 49.4 Å². The number of amides is 2. The van der Waals surface area contributed by atoms with E-state index >= 15 is 0 Å². The standard InChI is InChI=1S/C22H18F4N6O.C19H15F4N3O/c23-17-6-2-5-16(22(24,25)26)15(17)11-28-18-7-19(29-8-12-9-30-31-10-12)32-20-13(18)3-1-4-14(20)21(27)33;1-10-8-16(11-4-2-5-12(18(24)27)17(11)26-10)25-9-13-14(19(21,22)23)6-3-7-15(13)20/h1-7,9-10H,8,11H2,(H2,27,33)(H,30,31)(H2,28,29,32);2-8H,9H2,1H3,(H2,24,27)(H,25,26). The van der Waals surface area contributed by atoms with Gasteiger partial charge in [0.25, 0.3) is 11.8 Å². The Labute approximate surface area is 335 Å². The van der Waals surface area contributed by atoms with Gasteiger partial charge in [0.1, 0.15) is 17.5 Å². The number of primary amides is 2. The molecule has 0 radical (unpaired) electrons. The van der Waals surface area contributed by atoms with E-state index < -0.39 is 64.6 Å². The Bertz CT molecular complexity index is 2700. The summed E-state index contributed by atoms with van der Waals surface area (Å²) < 4.78 is 108. The fraction of sp³-hybridized carbons (Fsp3) is 0.146. The van der Waals surface area contributed by atoms with Gasteiger partial charge in [-0.25, -0.2) is 13.8 Å². The fourth-order valence-electron chi connectivity index (χ4n) is 6.35. The van der Waals surface area contributed by atoms with Gasteiger partial charge in [-0.2, -0.15) is 31.4 Å². The van der Waals surface area contributed by atoms with Crippen LogP contribution in [0.25, 0.3) is 21.8 Å². The van der Waals surface area contributed by atoms with E-state index in [1.807, 2.05) is 0 Å². The number of nitrogens with zero attached hydrogens (tertiary/aromatic N) is 3. The van der Waals surface area contributed by atoms with Crippen LogP contribution in [0.1, 0.15) is 54.2 Å². The third kappa shape index (κ3) is 9.52. The molecule has 3 heterocycles. The second-order valence-electron chi connectivity index (χ2n) is 13.2. The van der Waals surface area contributed by atoms with Crippen LogP contribution in [-0.2, 0) is 32.0 Å². The minimum absolute atomic E-state index is 0.143. The molecule has 310 valence electrons. The van der Waals surface area contributed by atoms with Gasteiger partial charge in [0, 0.05) is 76.4 Å². The molecular weight excluding hydrogens is 802 g/mol. The number of pyridine rings is 2. The Kier molecular flexibility index (Phi) is 12.2. The highest BCUT2D eigenvalue weighted by Gasteiger charge is 2.35. The molecule has 0 atom stereocenters. The molecule has 0 spiro atoms. The number of fused-ring (bicyclic) bond motifs is 2. The maximum Gasteiger partial charge on any atom is 0.416 e. The molecule has 0 fully saturated rings. The summed E-state index contributed by atoms with van der Waals surface area (Å²) in [6.07, 6.45) is -6.10. The van der Waals surface area contributed by atoms with Crippen LogP contribution < -0.4 is 27.4 Å². The van der Waals surface area contributed by atoms with Crippen LogP contribution in [-0.4, -0.2) is 32.0 Å². The number of alkyl halides is 6. The Morgan fingerprint density at radius 2 is 1.13 bits per heavy atom. The van der Waals surface area contributed by atoms with Crippen LogP contribution in [0.4, 0.5) is 52.3 Å². The maximum atomic E-state index is 14.3. The zero-order valence-corrected chi connectivity index (χ0v) is 31.2. The topological polar surface area (TPSA) is 177 Å². The second kappa shape index (κ2) is 17.3. The third-order valence-corrected chi connectivity index (χ3v) is 9.13. The zero-order valence-electron chi connectivity index (χ0n) is 31.2. The van der Waals surface area contributed by atoms with Crippen LogP contribution in [0, 0.1) is 18.6 Å². The quantitative estimate of drug-likeness (QED) is 0.0701. The van der Waals surface area contributed by atoms with Gasteiger partial charge in [-0.1, -0.05) is 36.4 Å². The number of nitrogens with two attached hydrogens (primary N) is 2. The van der Waals surface area contributed by atoms with Crippen LogP contribution >= 0.6 is 0 Å². The number of hydrogen-bond acceptors (Lipinski definition) is 8. The number of aromatic amines is 1. The number of H-pyrrole nitrogens is 1. The Balaban J connectivity index is 0.000000205. The lowest BCUT2D eigenvalue weighted by Crippen LogP contribution is -2.15. The van der Waals surface area contributed by atoms with Gasteiger partial charge in [0.2, 0.25) is 0 Å². The minimum atomic E-state index is -4.71. The molecule has 60 heavy (non-hydrogen) atoms. The maximum absolute atomic E-state index is 14.3. The molecule has 0 unspecified atom stereocenters. The number of nitrogens with one attached hydrogen (secondary N) is 4. The highest BCUT2D eigenvalue weighted by atomic mass is 19.4. The van der Waals surface area contributed by atoms with Crippen molar-refractivity contribution in [1.29, 1.82) is 0 Å². The predicted octanol–water partition coefficient (Wildman–Crippen LogP) is 8.85. The summed E-state index contributed by atoms with van der Waals surface area (Å²) in [7, 11) is 0. The van der Waals surface area contributed by atoms with E-state index in [4.69, 9.17) is 11.5 Å². The van der Waals surface area contributed by atoms with Gasteiger partial charge in [0.15, 0.2) is 0 Å².